The number of carbonyl (C=O) groups is 1. The van der Waals surface area contributed by atoms with E-state index in [1.54, 1.807) is 6.33 Å². The molecule has 0 radical (unpaired) electrons. The van der Waals surface area contributed by atoms with Gasteiger partial charge in [0.25, 0.3) is 0 Å². The Balaban J connectivity index is 1.54. The van der Waals surface area contributed by atoms with E-state index in [0.29, 0.717) is 11.8 Å². The SMILES string of the molecule is CC(C)CN1CC2(CCN(Cc3cncnc3)CC2)CC1=O. The number of hydrogen-bond donors (Lipinski definition) is 0. The summed E-state index contributed by atoms with van der Waals surface area (Å²) in [5.74, 6) is 0.913. The average Bonchev–Trinajstić information content (AvgIpc) is 2.78. The van der Waals surface area contributed by atoms with Gasteiger partial charge in [-0.05, 0) is 37.3 Å². The lowest BCUT2D eigenvalue weighted by atomic mass is 9.77. The first-order valence-electron chi connectivity index (χ1n) is 8.30. The lowest BCUT2D eigenvalue weighted by Crippen LogP contribution is -2.41. The van der Waals surface area contributed by atoms with Crippen LogP contribution < -0.4 is 0 Å². The van der Waals surface area contributed by atoms with Crippen molar-refractivity contribution in [2.75, 3.05) is 26.2 Å². The predicted octanol–water partition coefficient (Wildman–Crippen LogP) is 1.95. The Morgan fingerprint density at radius 2 is 1.91 bits per heavy atom. The average molecular weight is 302 g/mol. The molecule has 3 rings (SSSR count). The number of hydrogen-bond acceptors (Lipinski definition) is 4. The molecule has 5 heteroatoms. The second-order valence-corrected chi connectivity index (χ2v) is 7.37. The Bertz CT molecular complexity index is 509. The monoisotopic (exact) mass is 302 g/mol. The van der Waals surface area contributed by atoms with Crippen LogP contribution in [0, 0.1) is 11.3 Å². The molecular weight excluding hydrogens is 276 g/mol. The van der Waals surface area contributed by atoms with Gasteiger partial charge in [-0.15, -0.1) is 0 Å². The fraction of sp³-hybridized carbons (Fsp3) is 0.706. The van der Waals surface area contributed by atoms with Crippen LogP contribution in [0.15, 0.2) is 18.7 Å². The molecule has 2 aliphatic rings. The maximum atomic E-state index is 12.3. The molecule has 0 atom stereocenters. The summed E-state index contributed by atoms with van der Waals surface area (Å²) in [6.07, 6.45) is 8.36. The van der Waals surface area contributed by atoms with Crippen molar-refractivity contribution in [1.29, 1.82) is 0 Å². The molecule has 0 aliphatic carbocycles. The summed E-state index contributed by atoms with van der Waals surface area (Å²) >= 11 is 0. The number of likely N-dealkylation sites (tertiary alicyclic amines) is 2. The lowest BCUT2D eigenvalue weighted by Gasteiger charge is -2.38. The summed E-state index contributed by atoms with van der Waals surface area (Å²) in [6, 6.07) is 0. The van der Waals surface area contributed by atoms with E-state index in [2.05, 4.69) is 33.6 Å². The summed E-state index contributed by atoms with van der Waals surface area (Å²) in [5, 5.41) is 0. The minimum Gasteiger partial charge on any atom is -0.342 e. The lowest BCUT2D eigenvalue weighted by molar-refractivity contribution is -0.128. The van der Waals surface area contributed by atoms with Crippen LogP contribution in [0.25, 0.3) is 0 Å². The molecule has 0 N–H and O–H groups in total. The summed E-state index contributed by atoms with van der Waals surface area (Å²) in [4.78, 5) is 25.0. The van der Waals surface area contributed by atoms with Gasteiger partial charge in [0.15, 0.2) is 0 Å². The van der Waals surface area contributed by atoms with Gasteiger partial charge in [0.1, 0.15) is 6.33 Å². The molecular formula is C17H26N4O. The van der Waals surface area contributed by atoms with Gasteiger partial charge in [-0.25, -0.2) is 9.97 Å². The Hall–Kier alpha value is -1.49. The highest BCUT2D eigenvalue weighted by atomic mass is 16.2. The third-order valence-corrected chi connectivity index (χ3v) is 4.93. The van der Waals surface area contributed by atoms with Crippen LogP contribution in [0.5, 0.6) is 0 Å². The molecule has 0 unspecified atom stereocenters. The molecule has 0 aromatic carbocycles. The Kier molecular flexibility index (Phi) is 4.43. The molecule has 1 amide bonds. The number of rotatable bonds is 4. The summed E-state index contributed by atoms with van der Waals surface area (Å²) in [6.45, 7) is 9.29. The highest BCUT2D eigenvalue weighted by Crippen LogP contribution is 2.41. The van der Waals surface area contributed by atoms with Crippen LogP contribution in [0.2, 0.25) is 0 Å². The van der Waals surface area contributed by atoms with Gasteiger partial charge in [0, 0.05) is 44.0 Å². The highest BCUT2D eigenvalue weighted by molar-refractivity contribution is 5.79. The Morgan fingerprint density at radius 3 is 2.55 bits per heavy atom. The summed E-state index contributed by atoms with van der Waals surface area (Å²) < 4.78 is 0. The number of nitrogens with zero attached hydrogens (tertiary/aromatic N) is 4. The molecule has 1 aromatic heterocycles. The van der Waals surface area contributed by atoms with Crippen molar-refractivity contribution in [2.24, 2.45) is 11.3 Å². The molecule has 2 aliphatic heterocycles. The number of piperidine rings is 1. The van der Waals surface area contributed by atoms with Gasteiger partial charge >= 0.3 is 0 Å². The van der Waals surface area contributed by atoms with Crippen molar-refractivity contribution < 1.29 is 4.79 Å². The van der Waals surface area contributed by atoms with Crippen molar-refractivity contribution in [3.05, 3.63) is 24.3 Å². The smallest absolute Gasteiger partial charge is 0.223 e. The third-order valence-electron chi connectivity index (χ3n) is 4.93. The molecule has 2 fully saturated rings. The fourth-order valence-corrected chi connectivity index (χ4v) is 3.78. The minimum atomic E-state index is 0.232. The zero-order valence-corrected chi connectivity index (χ0v) is 13.7. The number of carbonyl (C=O) groups excluding carboxylic acids is 1. The zero-order chi connectivity index (χ0) is 15.6. The van der Waals surface area contributed by atoms with Gasteiger partial charge in [-0.2, -0.15) is 0 Å². The van der Waals surface area contributed by atoms with E-state index in [4.69, 9.17) is 0 Å². The van der Waals surface area contributed by atoms with Gasteiger partial charge in [-0.3, -0.25) is 9.69 Å². The topological polar surface area (TPSA) is 49.3 Å². The summed E-state index contributed by atoms with van der Waals surface area (Å²) in [5.41, 5.74) is 1.40. The Morgan fingerprint density at radius 1 is 1.23 bits per heavy atom. The van der Waals surface area contributed by atoms with Gasteiger partial charge in [0.05, 0.1) is 0 Å². The second-order valence-electron chi connectivity index (χ2n) is 7.37. The maximum Gasteiger partial charge on any atom is 0.223 e. The third kappa shape index (κ3) is 3.46. The predicted molar refractivity (Wildman–Crippen MR) is 85.0 cm³/mol. The standard InChI is InChI=1S/C17H26N4O/c1-14(2)10-21-12-17(7-16(21)22)3-5-20(6-4-17)11-15-8-18-13-19-9-15/h8-9,13-14H,3-7,10-12H2,1-2H3. The van der Waals surface area contributed by atoms with E-state index < -0.39 is 0 Å². The van der Waals surface area contributed by atoms with Crippen LogP contribution in [0.3, 0.4) is 0 Å². The largest absolute Gasteiger partial charge is 0.342 e. The van der Waals surface area contributed by atoms with E-state index in [-0.39, 0.29) is 5.41 Å². The number of aromatic nitrogens is 2. The second kappa shape index (κ2) is 6.32. The molecule has 0 bridgehead atoms. The number of amides is 1. The highest BCUT2D eigenvalue weighted by Gasteiger charge is 2.44. The first-order valence-corrected chi connectivity index (χ1v) is 8.30. The Labute approximate surface area is 132 Å². The molecule has 120 valence electrons. The van der Waals surface area contributed by atoms with Crippen molar-refractivity contribution in [3.63, 3.8) is 0 Å². The normalized spacial score (nSPS) is 22.0. The van der Waals surface area contributed by atoms with Gasteiger partial charge < -0.3 is 4.90 Å². The van der Waals surface area contributed by atoms with Crippen molar-refractivity contribution in [3.8, 4) is 0 Å². The first-order chi connectivity index (χ1) is 10.6. The molecule has 3 heterocycles. The fourth-order valence-electron chi connectivity index (χ4n) is 3.78. The molecule has 1 aromatic rings. The van der Waals surface area contributed by atoms with Gasteiger partial charge in [0.2, 0.25) is 5.91 Å². The van der Waals surface area contributed by atoms with E-state index in [1.165, 1.54) is 5.56 Å². The maximum absolute atomic E-state index is 12.3. The van der Waals surface area contributed by atoms with Crippen LogP contribution in [-0.4, -0.2) is 51.9 Å². The molecule has 2 saturated heterocycles. The van der Waals surface area contributed by atoms with Crippen LogP contribution in [-0.2, 0) is 11.3 Å². The van der Waals surface area contributed by atoms with Crippen molar-refractivity contribution >= 4 is 5.91 Å². The van der Waals surface area contributed by atoms with E-state index in [0.717, 1.165) is 52.0 Å². The minimum absolute atomic E-state index is 0.232. The molecule has 1 spiro atoms. The zero-order valence-electron chi connectivity index (χ0n) is 13.7. The van der Waals surface area contributed by atoms with Gasteiger partial charge in [-0.1, -0.05) is 13.8 Å². The summed E-state index contributed by atoms with van der Waals surface area (Å²) in [7, 11) is 0. The molecule has 22 heavy (non-hydrogen) atoms. The molecule has 0 saturated carbocycles. The van der Waals surface area contributed by atoms with E-state index >= 15 is 0 Å². The van der Waals surface area contributed by atoms with Crippen LogP contribution in [0.4, 0.5) is 0 Å². The van der Waals surface area contributed by atoms with E-state index in [9.17, 15) is 4.79 Å². The van der Waals surface area contributed by atoms with Crippen LogP contribution >= 0.6 is 0 Å². The quantitative estimate of drug-likeness (QED) is 0.853. The molecule has 5 nitrogen and oxygen atoms in total. The van der Waals surface area contributed by atoms with Crippen molar-refractivity contribution in [2.45, 2.75) is 39.7 Å². The van der Waals surface area contributed by atoms with E-state index in [1.807, 2.05) is 12.4 Å². The van der Waals surface area contributed by atoms with Crippen molar-refractivity contribution in [1.82, 2.24) is 19.8 Å². The van der Waals surface area contributed by atoms with Crippen LogP contribution in [0.1, 0.15) is 38.7 Å². The first kappa shape index (κ1) is 15.4.